The number of ether oxygens (including phenoxy) is 2. The van der Waals surface area contributed by atoms with Gasteiger partial charge in [0, 0.05) is 0 Å². The number of hydrogen-bond donors (Lipinski definition) is 1. The third kappa shape index (κ3) is 3.25. The lowest BCUT2D eigenvalue weighted by Gasteiger charge is -2.12. The lowest BCUT2D eigenvalue weighted by atomic mass is 10.2. The van der Waals surface area contributed by atoms with Gasteiger partial charge >= 0.3 is 5.97 Å². The van der Waals surface area contributed by atoms with Gasteiger partial charge in [-0.3, -0.25) is 4.79 Å². The number of aryl methyl sites for hydroxylation is 1. The molecule has 1 aromatic carbocycles. The van der Waals surface area contributed by atoms with Crippen molar-refractivity contribution >= 4 is 5.97 Å². The average molecular weight is 209 g/mol. The minimum Gasteiger partial charge on any atom is -0.491 e. The zero-order valence-corrected chi connectivity index (χ0v) is 8.90. The maximum Gasteiger partial charge on any atom is 0.326 e. The molecule has 0 aliphatic carbocycles. The van der Waals surface area contributed by atoms with Crippen LogP contribution in [0, 0.1) is 6.92 Å². The normalized spacial score (nSPS) is 11.9. The van der Waals surface area contributed by atoms with Crippen LogP contribution in [0.15, 0.2) is 24.3 Å². The first kappa shape index (κ1) is 11.5. The van der Waals surface area contributed by atoms with Gasteiger partial charge in [-0.2, -0.15) is 0 Å². The van der Waals surface area contributed by atoms with Gasteiger partial charge in [-0.05, 0) is 18.6 Å². The van der Waals surface area contributed by atoms with Crippen molar-refractivity contribution in [1.29, 1.82) is 0 Å². The van der Waals surface area contributed by atoms with Gasteiger partial charge in [-0.25, -0.2) is 0 Å². The molecular formula is C11H15NO3. The summed E-state index contributed by atoms with van der Waals surface area (Å²) in [7, 11) is 1.30. The summed E-state index contributed by atoms with van der Waals surface area (Å²) in [5.41, 5.74) is 6.53. The highest BCUT2D eigenvalue weighted by molar-refractivity contribution is 5.75. The van der Waals surface area contributed by atoms with E-state index in [4.69, 9.17) is 10.5 Å². The highest BCUT2D eigenvalue weighted by Crippen LogP contribution is 2.15. The molecule has 0 fully saturated rings. The van der Waals surface area contributed by atoms with E-state index in [2.05, 4.69) is 4.74 Å². The van der Waals surface area contributed by atoms with Crippen molar-refractivity contribution in [2.45, 2.75) is 13.0 Å². The molecule has 0 spiro atoms. The van der Waals surface area contributed by atoms with E-state index < -0.39 is 12.0 Å². The lowest BCUT2D eigenvalue weighted by molar-refractivity contribution is -0.142. The molecule has 0 bridgehead atoms. The Morgan fingerprint density at radius 1 is 1.47 bits per heavy atom. The number of benzene rings is 1. The van der Waals surface area contributed by atoms with Gasteiger partial charge in [0.25, 0.3) is 0 Å². The molecular weight excluding hydrogens is 194 g/mol. The highest BCUT2D eigenvalue weighted by Gasteiger charge is 2.14. The first-order valence-corrected chi connectivity index (χ1v) is 4.67. The topological polar surface area (TPSA) is 61.5 Å². The van der Waals surface area contributed by atoms with E-state index in [1.165, 1.54) is 7.11 Å². The Kier molecular flexibility index (Phi) is 4.12. The predicted molar refractivity (Wildman–Crippen MR) is 56.7 cm³/mol. The van der Waals surface area contributed by atoms with Crippen molar-refractivity contribution in [3.63, 3.8) is 0 Å². The van der Waals surface area contributed by atoms with Gasteiger partial charge in [0.05, 0.1) is 7.11 Å². The lowest BCUT2D eigenvalue weighted by Crippen LogP contribution is -2.37. The Balaban J connectivity index is 2.50. The van der Waals surface area contributed by atoms with Crippen LogP contribution >= 0.6 is 0 Å². The van der Waals surface area contributed by atoms with Crippen LogP contribution in [-0.4, -0.2) is 25.7 Å². The standard InChI is InChI=1S/C11H15NO3/c1-8-5-3-4-6-10(8)15-7-9(12)11(13)14-2/h3-6,9H,7,12H2,1-2H3. The molecule has 1 aromatic rings. The second-order valence-corrected chi connectivity index (χ2v) is 3.21. The molecule has 4 heteroatoms. The van der Waals surface area contributed by atoms with Gasteiger partial charge in [0.15, 0.2) is 0 Å². The van der Waals surface area contributed by atoms with E-state index in [0.717, 1.165) is 11.3 Å². The number of carbonyl (C=O) groups excluding carboxylic acids is 1. The number of hydrogen-bond acceptors (Lipinski definition) is 4. The molecule has 15 heavy (non-hydrogen) atoms. The summed E-state index contributed by atoms with van der Waals surface area (Å²) in [5.74, 6) is 0.264. The van der Waals surface area contributed by atoms with E-state index in [1.807, 2.05) is 31.2 Å². The van der Waals surface area contributed by atoms with Crippen molar-refractivity contribution < 1.29 is 14.3 Å². The predicted octanol–water partition coefficient (Wildman–Crippen LogP) is 0.874. The molecule has 0 saturated carbocycles. The van der Waals surface area contributed by atoms with E-state index in [9.17, 15) is 4.79 Å². The number of para-hydroxylation sites is 1. The van der Waals surface area contributed by atoms with E-state index in [0.29, 0.717) is 0 Å². The van der Waals surface area contributed by atoms with Crippen molar-refractivity contribution in [2.75, 3.05) is 13.7 Å². The van der Waals surface area contributed by atoms with Crippen molar-refractivity contribution in [2.24, 2.45) is 5.73 Å². The first-order valence-electron chi connectivity index (χ1n) is 4.67. The Morgan fingerprint density at radius 2 is 2.13 bits per heavy atom. The zero-order valence-electron chi connectivity index (χ0n) is 8.90. The number of esters is 1. The summed E-state index contributed by atoms with van der Waals surface area (Å²) in [4.78, 5) is 11.0. The molecule has 1 atom stereocenters. The summed E-state index contributed by atoms with van der Waals surface area (Å²) in [6.07, 6.45) is 0. The third-order valence-electron chi connectivity index (χ3n) is 2.02. The minimum atomic E-state index is -0.741. The van der Waals surface area contributed by atoms with Crippen LogP contribution in [0.1, 0.15) is 5.56 Å². The van der Waals surface area contributed by atoms with E-state index >= 15 is 0 Å². The van der Waals surface area contributed by atoms with Crippen molar-refractivity contribution in [1.82, 2.24) is 0 Å². The van der Waals surface area contributed by atoms with Gasteiger partial charge in [0.2, 0.25) is 0 Å². The largest absolute Gasteiger partial charge is 0.491 e. The Morgan fingerprint density at radius 3 is 2.73 bits per heavy atom. The maximum absolute atomic E-state index is 11.0. The molecule has 0 amide bonds. The summed E-state index contributed by atoms with van der Waals surface area (Å²) in [6, 6.07) is 6.81. The van der Waals surface area contributed by atoms with Crippen molar-refractivity contribution in [3.05, 3.63) is 29.8 Å². The summed E-state index contributed by atoms with van der Waals surface area (Å²) < 4.78 is 9.88. The van der Waals surface area contributed by atoms with Crippen LogP contribution < -0.4 is 10.5 Å². The number of carbonyl (C=O) groups is 1. The fourth-order valence-electron chi connectivity index (χ4n) is 1.12. The van der Waals surface area contributed by atoms with E-state index in [-0.39, 0.29) is 6.61 Å². The van der Waals surface area contributed by atoms with Gasteiger partial charge < -0.3 is 15.2 Å². The Labute approximate surface area is 89.0 Å². The fourth-order valence-corrected chi connectivity index (χ4v) is 1.12. The van der Waals surface area contributed by atoms with Crippen LogP contribution in [0.4, 0.5) is 0 Å². The Bertz CT molecular complexity index is 338. The molecule has 1 rings (SSSR count). The maximum atomic E-state index is 11.0. The smallest absolute Gasteiger partial charge is 0.326 e. The van der Waals surface area contributed by atoms with Gasteiger partial charge in [0.1, 0.15) is 18.4 Å². The quantitative estimate of drug-likeness (QED) is 0.747. The molecule has 0 aliphatic heterocycles. The van der Waals surface area contributed by atoms with Gasteiger partial charge in [-0.1, -0.05) is 18.2 Å². The van der Waals surface area contributed by atoms with Gasteiger partial charge in [-0.15, -0.1) is 0 Å². The molecule has 0 saturated heterocycles. The zero-order chi connectivity index (χ0) is 11.3. The molecule has 2 N–H and O–H groups in total. The first-order chi connectivity index (χ1) is 7.15. The Hall–Kier alpha value is -1.55. The van der Waals surface area contributed by atoms with Crippen LogP contribution in [0.2, 0.25) is 0 Å². The number of methoxy groups -OCH3 is 1. The number of rotatable bonds is 4. The summed E-state index contributed by atoms with van der Waals surface area (Å²) >= 11 is 0. The second kappa shape index (κ2) is 5.36. The molecule has 82 valence electrons. The molecule has 4 nitrogen and oxygen atoms in total. The molecule has 0 heterocycles. The fraction of sp³-hybridized carbons (Fsp3) is 0.364. The van der Waals surface area contributed by atoms with Crippen LogP contribution in [-0.2, 0) is 9.53 Å². The monoisotopic (exact) mass is 209 g/mol. The van der Waals surface area contributed by atoms with Crippen LogP contribution in [0.3, 0.4) is 0 Å². The number of nitrogens with two attached hydrogens (primary N) is 1. The molecule has 1 unspecified atom stereocenters. The van der Waals surface area contributed by atoms with Crippen molar-refractivity contribution in [3.8, 4) is 5.75 Å². The minimum absolute atomic E-state index is 0.123. The molecule has 0 aromatic heterocycles. The summed E-state index contributed by atoms with van der Waals surface area (Å²) in [6.45, 7) is 2.05. The summed E-state index contributed by atoms with van der Waals surface area (Å²) in [5, 5.41) is 0. The third-order valence-corrected chi connectivity index (χ3v) is 2.02. The van der Waals surface area contributed by atoms with E-state index in [1.54, 1.807) is 0 Å². The SMILES string of the molecule is COC(=O)C(N)COc1ccccc1C. The van der Waals surface area contributed by atoms with Crippen LogP contribution in [0.25, 0.3) is 0 Å². The molecule has 0 aliphatic rings. The van der Waals surface area contributed by atoms with Crippen LogP contribution in [0.5, 0.6) is 5.75 Å². The highest BCUT2D eigenvalue weighted by atomic mass is 16.5. The second-order valence-electron chi connectivity index (χ2n) is 3.21. The average Bonchev–Trinajstić information content (AvgIpc) is 2.26. The molecule has 0 radical (unpaired) electrons.